The molecule has 4 aliphatic rings. The zero-order valence-corrected chi connectivity index (χ0v) is 30.1. The molecule has 2 fully saturated rings. The van der Waals surface area contributed by atoms with Gasteiger partial charge >= 0.3 is 0 Å². The average Bonchev–Trinajstić information content (AvgIpc) is 3.92. The summed E-state index contributed by atoms with van der Waals surface area (Å²) in [6.45, 7) is 7.25. The molecule has 0 atom stereocenters. The number of rotatable bonds is 8. The SMILES string of the molecule is CSN1CCc2cccc(Nc3nc(Nc4cc(F)c(N5CCC(N6CCN(C)CC6)CC5)c5c4CCC5)ncc3-n3nnc4ccccc43)c21. The number of hydrogen-bond donors (Lipinski definition) is 2. The van der Waals surface area contributed by atoms with Crippen LogP contribution < -0.4 is 19.8 Å². The molecule has 0 saturated carbocycles. The summed E-state index contributed by atoms with van der Waals surface area (Å²) < 4.78 is 20.4. The first kappa shape index (κ1) is 32.4. The number of likely N-dealkylation sites (N-methyl/N-ethyl adjacent to an activating group) is 1. The monoisotopic (exact) mass is 705 g/mol. The molecular formula is C38H44FN11S. The number of anilines is 6. The highest BCUT2D eigenvalue weighted by atomic mass is 32.2. The molecule has 2 N–H and O–H groups in total. The van der Waals surface area contributed by atoms with E-state index in [1.54, 1.807) is 28.9 Å². The lowest BCUT2D eigenvalue weighted by molar-refractivity contribution is 0.0981. The number of nitrogens with zero attached hydrogens (tertiary/aromatic N) is 9. The van der Waals surface area contributed by atoms with E-state index >= 15 is 4.39 Å². The molecule has 0 spiro atoms. The van der Waals surface area contributed by atoms with Crippen molar-refractivity contribution in [2.75, 3.05) is 79.0 Å². The molecule has 2 aromatic heterocycles. The lowest BCUT2D eigenvalue weighted by Crippen LogP contribution is -2.52. The molecule has 1 aliphatic carbocycles. The van der Waals surface area contributed by atoms with Gasteiger partial charge in [0.25, 0.3) is 0 Å². The van der Waals surface area contributed by atoms with Gasteiger partial charge in [0.1, 0.15) is 17.0 Å². The third-order valence-corrected chi connectivity index (χ3v) is 12.0. The second-order valence-electron chi connectivity index (χ2n) is 14.1. The van der Waals surface area contributed by atoms with E-state index in [0.717, 1.165) is 124 Å². The highest BCUT2D eigenvalue weighted by Gasteiger charge is 2.31. The minimum absolute atomic E-state index is 0.169. The predicted molar refractivity (Wildman–Crippen MR) is 205 cm³/mol. The number of piperazine rings is 1. The maximum absolute atomic E-state index is 16.3. The highest BCUT2D eigenvalue weighted by molar-refractivity contribution is 8.00. The molecule has 0 radical (unpaired) electrons. The van der Waals surface area contributed by atoms with Crippen molar-refractivity contribution in [3.05, 3.63) is 77.2 Å². The van der Waals surface area contributed by atoms with E-state index in [1.165, 1.54) is 11.1 Å². The van der Waals surface area contributed by atoms with Crippen LogP contribution in [0.3, 0.4) is 0 Å². The Bertz CT molecular complexity index is 2070. The lowest BCUT2D eigenvalue weighted by atomic mass is 9.98. The van der Waals surface area contributed by atoms with E-state index in [4.69, 9.17) is 9.97 Å². The molecule has 3 aliphatic heterocycles. The van der Waals surface area contributed by atoms with Crippen molar-refractivity contribution in [2.45, 2.75) is 44.6 Å². The quantitative estimate of drug-likeness (QED) is 0.181. The van der Waals surface area contributed by atoms with Crippen LogP contribution in [0.4, 0.5) is 38.9 Å². The molecule has 0 amide bonds. The largest absolute Gasteiger partial charge is 0.369 e. The summed E-state index contributed by atoms with van der Waals surface area (Å²) in [6.07, 6.45) is 9.81. The molecule has 5 heterocycles. The van der Waals surface area contributed by atoms with E-state index < -0.39 is 0 Å². The summed E-state index contributed by atoms with van der Waals surface area (Å²) in [5.41, 5.74) is 9.60. The first-order valence-electron chi connectivity index (χ1n) is 18.2. The Labute approximate surface area is 302 Å². The summed E-state index contributed by atoms with van der Waals surface area (Å²) in [6, 6.07) is 16.5. The van der Waals surface area contributed by atoms with E-state index in [0.29, 0.717) is 23.5 Å². The van der Waals surface area contributed by atoms with Gasteiger partial charge in [-0.25, -0.2) is 14.1 Å². The van der Waals surface area contributed by atoms with Gasteiger partial charge in [0, 0.05) is 63.8 Å². The zero-order valence-electron chi connectivity index (χ0n) is 29.3. The molecule has 0 unspecified atom stereocenters. The fourth-order valence-electron chi connectivity index (χ4n) is 8.51. The molecule has 264 valence electrons. The number of nitrogens with one attached hydrogen (secondary N) is 2. The van der Waals surface area contributed by atoms with E-state index in [1.807, 2.05) is 24.3 Å². The molecule has 0 bridgehead atoms. The maximum atomic E-state index is 16.3. The van der Waals surface area contributed by atoms with Gasteiger partial charge in [-0.1, -0.05) is 41.4 Å². The minimum atomic E-state index is -0.169. The topological polar surface area (TPSA) is 93.5 Å². The van der Waals surface area contributed by atoms with Gasteiger partial charge in [-0.3, -0.25) is 4.90 Å². The molecule has 3 aromatic carbocycles. The summed E-state index contributed by atoms with van der Waals surface area (Å²) in [5.74, 6) is 0.813. The predicted octanol–water partition coefficient (Wildman–Crippen LogP) is 6.18. The minimum Gasteiger partial charge on any atom is -0.369 e. The molecular weight excluding hydrogens is 662 g/mol. The first-order valence-corrected chi connectivity index (χ1v) is 19.4. The van der Waals surface area contributed by atoms with Crippen molar-refractivity contribution in [2.24, 2.45) is 0 Å². The smallest absolute Gasteiger partial charge is 0.229 e. The van der Waals surface area contributed by atoms with E-state index in [2.05, 4.69) is 71.5 Å². The highest BCUT2D eigenvalue weighted by Crippen LogP contribution is 2.42. The van der Waals surface area contributed by atoms with E-state index in [-0.39, 0.29) is 5.82 Å². The maximum Gasteiger partial charge on any atom is 0.229 e. The fraction of sp³-hybridized carbons (Fsp3) is 0.421. The standard InChI is InChI=1S/C38H44FN11S/c1-46-19-21-47(22-20-46)26-14-16-48(17-15-26)36-28-9-6-8-27(28)32(23-29(36)39)42-38-40-24-34(50-33-12-4-3-10-30(33)44-45-50)37(43-38)41-31-11-5-7-25-13-18-49(51-2)35(25)31/h3-5,7,10-12,23-24,26H,6,8-9,13-22H2,1-2H3,(H2,40,41,42,43). The van der Waals surface area contributed by atoms with Crippen LogP contribution >= 0.6 is 11.9 Å². The van der Waals surface area contributed by atoms with Crippen molar-refractivity contribution in [3.63, 3.8) is 0 Å². The van der Waals surface area contributed by atoms with Gasteiger partial charge < -0.3 is 24.7 Å². The Morgan fingerprint density at radius 3 is 2.51 bits per heavy atom. The van der Waals surface area contributed by atoms with Crippen molar-refractivity contribution < 1.29 is 4.39 Å². The van der Waals surface area contributed by atoms with Gasteiger partial charge in [-0.2, -0.15) is 4.98 Å². The number of fused-ring (bicyclic) bond motifs is 3. The lowest BCUT2D eigenvalue weighted by Gasteiger charge is -2.43. The van der Waals surface area contributed by atoms with Gasteiger partial charge in [-0.15, -0.1) is 5.10 Å². The number of piperidine rings is 1. The Morgan fingerprint density at radius 1 is 0.843 bits per heavy atom. The van der Waals surface area contributed by atoms with Crippen LogP contribution in [0, 0.1) is 5.82 Å². The Kier molecular flexibility index (Phi) is 8.64. The average molecular weight is 706 g/mol. The van der Waals surface area contributed by atoms with Gasteiger partial charge in [0.15, 0.2) is 5.82 Å². The van der Waals surface area contributed by atoms with Crippen LogP contribution in [0.25, 0.3) is 16.7 Å². The van der Waals surface area contributed by atoms with Crippen molar-refractivity contribution in [3.8, 4) is 5.69 Å². The third-order valence-electron chi connectivity index (χ3n) is 11.2. The van der Waals surface area contributed by atoms with Crippen LogP contribution in [-0.4, -0.2) is 99.9 Å². The number of halogens is 1. The Balaban J connectivity index is 1.03. The first-order chi connectivity index (χ1) is 25.0. The van der Waals surface area contributed by atoms with E-state index in [9.17, 15) is 0 Å². The number of para-hydroxylation sites is 2. The molecule has 13 heteroatoms. The molecule has 2 saturated heterocycles. The number of benzene rings is 3. The normalized spacial score (nSPS) is 18.4. The summed E-state index contributed by atoms with van der Waals surface area (Å²) >= 11 is 1.72. The van der Waals surface area contributed by atoms with Gasteiger partial charge in [0.05, 0.1) is 28.8 Å². The zero-order chi connectivity index (χ0) is 34.5. The molecule has 11 nitrogen and oxygen atoms in total. The van der Waals surface area contributed by atoms with Crippen molar-refractivity contribution in [1.82, 2.24) is 34.8 Å². The van der Waals surface area contributed by atoms with Crippen LogP contribution in [0.1, 0.15) is 36.0 Å². The molecule has 5 aromatic rings. The molecule has 51 heavy (non-hydrogen) atoms. The number of aromatic nitrogens is 5. The number of hydrogen-bond acceptors (Lipinski definition) is 11. The van der Waals surface area contributed by atoms with Crippen LogP contribution in [-0.2, 0) is 19.3 Å². The Hall–Kier alpha value is -4.46. The van der Waals surface area contributed by atoms with Crippen LogP contribution in [0.15, 0.2) is 54.7 Å². The Morgan fingerprint density at radius 2 is 1.67 bits per heavy atom. The summed E-state index contributed by atoms with van der Waals surface area (Å²) in [4.78, 5) is 17.2. The van der Waals surface area contributed by atoms with Crippen molar-refractivity contribution in [1.29, 1.82) is 0 Å². The van der Waals surface area contributed by atoms with Crippen molar-refractivity contribution >= 4 is 57.5 Å². The second kappa shape index (κ2) is 13.6. The van der Waals surface area contributed by atoms with Gasteiger partial charge in [0.2, 0.25) is 5.95 Å². The fourth-order valence-corrected chi connectivity index (χ4v) is 9.18. The summed E-state index contributed by atoms with van der Waals surface area (Å²) in [5, 5.41) is 16.0. The van der Waals surface area contributed by atoms with Crippen LogP contribution in [0.5, 0.6) is 0 Å². The van der Waals surface area contributed by atoms with Gasteiger partial charge in [-0.05, 0) is 86.5 Å². The summed E-state index contributed by atoms with van der Waals surface area (Å²) in [7, 11) is 2.20. The van der Waals surface area contributed by atoms with Crippen LogP contribution in [0.2, 0.25) is 0 Å². The second-order valence-corrected chi connectivity index (χ2v) is 14.9. The third kappa shape index (κ3) is 6.04. The molecule has 9 rings (SSSR count).